The average Bonchev–Trinajstić information content (AvgIpc) is 3.11. The third kappa shape index (κ3) is 4.14. The van der Waals surface area contributed by atoms with E-state index in [1.807, 2.05) is 44.2 Å². The Labute approximate surface area is 189 Å². The number of nitrogens with one attached hydrogen (secondary N) is 3. The summed E-state index contributed by atoms with van der Waals surface area (Å²) in [5, 5.41) is 14.8. The van der Waals surface area contributed by atoms with E-state index in [0.29, 0.717) is 17.9 Å². The van der Waals surface area contributed by atoms with E-state index in [9.17, 15) is 9.59 Å². The normalized spacial score (nSPS) is 21.8. The summed E-state index contributed by atoms with van der Waals surface area (Å²) in [5.41, 5.74) is 3.56. The maximum atomic E-state index is 13.0. The van der Waals surface area contributed by atoms with Gasteiger partial charge in [0.1, 0.15) is 0 Å². The molecule has 2 aromatic carbocycles. The van der Waals surface area contributed by atoms with Crippen molar-refractivity contribution >= 4 is 17.8 Å². The molecule has 1 saturated heterocycles. The van der Waals surface area contributed by atoms with Crippen molar-refractivity contribution in [3.05, 3.63) is 70.8 Å². The number of carbonyl (C=O) groups is 2. The quantitative estimate of drug-likeness (QED) is 0.641. The van der Waals surface area contributed by atoms with E-state index >= 15 is 0 Å². The molecule has 168 valence electrons. The molecule has 6 nitrogen and oxygen atoms in total. The molecule has 6 heteroatoms. The molecule has 0 bridgehead atoms. The molecule has 2 aliphatic rings. The molecule has 1 aliphatic heterocycles. The zero-order chi connectivity index (χ0) is 22.9. The van der Waals surface area contributed by atoms with Crippen LogP contribution in [0.3, 0.4) is 0 Å². The molecule has 0 saturated carbocycles. The molecule has 2 aromatic rings. The van der Waals surface area contributed by atoms with Crippen LogP contribution in [-0.2, 0) is 17.8 Å². The highest BCUT2D eigenvalue weighted by Gasteiger charge is 2.39. The van der Waals surface area contributed by atoms with Gasteiger partial charge in [-0.2, -0.15) is 0 Å². The van der Waals surface area contributed by atoms with E-state index < -0.39 is 0 Å². The Morgan fingerprint density at radius 2 is 1.94 bits per heavy atom. The van der Waals surface area contributed by atoms with E-state index in [-0.39, 0.29) is 35.9 Å². The summed E-state index contributed by atoms with van der Waals surface area (Å²) in [6.45, 7) is 6.52. The number of amides is 2. The van der Waals surface area contributed by atoms with Crippen LogP contribution in [0.15, 0.2) is 48.5 Å². The van der Waals surface area contributed by atoms with Gasteiger partial charge < -0.3 is 10.6 Å². The summed E-state index contributed by atoms with van der Waals surface area (Å²) in [7, 11) is 0. The lowest BCUT2D eigenvalue weighted by atomic mass is 9.87. The molecular weight excluding hydrogens is 400 g/mol. The van der Waals surface area contributed by atoms with Crippen LogP contribution in [0.5, 0.6) is 0 Å². The van der Waals surface area contributed by atoms with Crippen LogP contribution in [-0.4, -0.2) is 28.2 Å². The third-order valence-corrected chi connectivity index (χ3v) is 7.12. The minimum atomic E-state index is -0.333. The molecule has 3 N–H and O–H groups in total. The molecule has 1 heterocycles. The lowest BCUT2D eigenvalue weighted by Crippen LogP contribution is -2.61. The van der Waals surface area contributed by atoms with Crippen LogP contribution in [0.1, 0.15) is 73.1 Å². The van der Waals surface area contributed by atoms with E-state index in [1.165, 1.54) is 16.0 Å². The lowest BCUT2D eigenvalue weighted by molar-refractivity contribution is -0.131. The van der Waals surface area contributed by atoms with Crippen LogP contribution >= 0.6 is 0 Å². The average molecular weight is 433 g/mol. The van der Waals surface area contributed by atoms with Crippen LogP contribution in [0.4, 0.5) is 0 Å². The molecule has 1 fully saturated rings. The Bertz CT molecular complexity index is 1020. The largest absolute Gasteiger partial charge is 0.350 e. The number of rotatable bonds is 6. The zero-order valence-corrected chi connectivity index (χ0v) is 19.1. The number of guanidine groups is 1. The minimum absolute atomic E-state index is 0.000355. The highest BCUT2D eigenvalue weighted by Crippen LogP contribution is 2.35. The van der Waals surface area contributed by atoms with Gasteiger partial charge in [-0.05, 0) is 54.0 Å². The van der Waals surface area contributed by atoms with Crippen LogP contribution in [0.25, 0.3) is 0 Å². The fraction of sp³-hybridized carbons (Fsp3) is 0.423. The summed E-state index contributed by atoms with van der Waals surface area (Å²) in [5.74, 6) is 0.309. The summed E-state index contributed by atoms with van der Waals surface area (Å²) in [4.78, 5) is 27.3. The van der Waals surface area contributed by atoms with Gasteiger partial charge in [-0.25, -0.2) is 0 Å². The highest BCUT2D eigenvalue weighted by molar-refractivity contribution is 5.99. The molecule has 0 unspecified atom stereocenters. The van der Waals surface area contributed by atoms with Crippen LogP contribution in [0.2, 0.25) is 0 Å². The maximum Gasteiger partial charge on any atom is 0.251 e. The lowest BCUT2D eigenvalue weighted by Gasteiger charge is -2.42. The van der Waals surface area contributed by atoms with Gasteiger partial charge in [0.15, 0.2) is 5.96 Å². The first-order valence-electron chi connectivity index (χ1n) is 11.5. The molecule has 2 amide bonds. The van der Waals surface area contributed by atoms with Gasteiger partial charge in [-0.3, -0.25) is 19.9 Å². The predicted octanol–water partition coefficient (Wildman–Crippen LogP) is 4.17. The van der Waals surface area contributed by atoms with E-state index in [2.05, 4.69) is 29.7 Å². The molecule has 32 heavy (non-hydrogen) atoms. The van der Waals surface area contributed by atoms with Crippen molar-refractivity contribution in [2.24, 2.45) is 5.92 Å². The number of carbonyl (C=O) groups excluding carboxylic acids is 2. The smallest absolute Gasteiger partial charge is 0.251 e. The first-order chi connectivity index (χ1) is 15.4. The Kier molecular flexibility index (Phi) is 6.04. The highest BCUT2D eigenvalue weighted by atomic mass is 16.2. The van der Waals surface area contributed by atoms with Crippen molar-refractivity contribution < 1.29 is 9.59 Å². The molecule has 4 rings (SSSR count). The van der Waals surface area contributed by atoms with E-state index in [1.54, 1.807) is 6.07 Å². The number of hydrogen-bond acceptors (Lipinski definition) is 3. The van der Waals surface area contributed by atoms with Gasteiger partial charge in [0, 0.05) is 11.1 Å². The van der Waals surface area contributed by atoms with Crippen molar-refractivity contribution in [3.8, 4) is 0 Å². The van der Waals surface area contributed by atoms with Crippen molar-refractivity contribution in [2.45, 2.75) is 64.6 Å². The molecule has 2 atom stereocenters. The summed E-state index contributed by atoms with van der Waals surface area (Å²) in [6, 6.07) is 15.6. The predicted molar refractivity (Wildman–Crippen MR) is 125 cm³/mol. The van der Waals surface area contributed by atoms with Crippen molar-refractivity contribution in [3.63, 3.8) is 0 Å². The monoisotopic (exact) mass is 432 g/mol. The third-order valence-electron chi connectivity index (χ3n) is 7.12. The molecule has 0 radical (unpaired) electrons. The molecule has 0 spiro atoms. The standard InChI is InChI=1S/C26H32N4O2/c1-4-26(5-2)15-22(31)30(25(27)29-26)16-18-9-8-11-20(14-18)24(32)28-23-17(3)13-19-10-6-7-12-21(19)23/h6-12,14,17,23H,4-5,13,15-16H2,1-3H3,(H2,27,29)(H,28,32)/t17-,23+/m1/s1. The first-order valence-corrected chi connectivity index (χ1v) is 11.5. The van der Waals surface area contributed by atoms with Gasteiger partial charge in [0.2, 0.25) is 5.91 Å². The summed E-state index contributed by atoms with van der Waals surface area (Å²) < 4.78 is 0. The minimum Gasteiger partial charge on any atom is -0.350 e. The molecular formula is C26H32N4O2. The van der Waals surface area contributed by atoms with Gasteiger partial charge in [0.25, 0.3) is 5.91 Å². The second-order valence-corrected chi connectivity index (χ2v) is 9.15. The SMILES string of the molecule is CCC1(CC)CC(=O)N(Cc2cccc(C(=O)N[C@@H]3c4ccccc4C[C@H]3C)c2)C(=N)N1. The first kappa shape index (κ1) is 22.1. The number of hydrogen-bond donors (Lipinski definition) is 3. The molecule has 0 aromatic heterocycles. The van der Waals surface area contributed by atoms with Gasteiger partial charge in [-0.15, -0.1) is 0 Å². The summed E-state index contributed by atoms with van der Waals surface area (Å²) in [6.07, 6.45) is 2.93. The number of fused-ring (bicyclic) bond motifs is 1. The topological polar surface area (TPSA) is 85.3 Å². The second kappa shape index (κ2) is 8.77. The molecule has 1 aliphatic carbocycles. The Morgan fingerprint density at radius 3 is 2.66 bits per heavy atom. The van der Waals surface area contributed by atoms with Gasteiger partial charge in [-0.1, -0.05) is 57.2 Å². The Balaban J connectivity index is 1.47. The van der Waals surface area contributed by atoms with Crippen LogP contribution < -0.4 is 10.6 Å². The van der Waals surface area contributed by atoms with Gasteiger partial charge in [0.05, 0.1) is 19.0 Å². The van der Waals surface area contributed by atoms with E-state index in [0.717, 1.165) is 24.8 Å². The number of benzene rings is 2. The fourth-order valence-corrected chi connectivity index (χ4v) is 4.95. The van der Waals surface area contributed by atoms with Crippen LogP contribution in [0, 0.1) is 11.3 Å². The Hall–Kier alpha value is -3.15. The maximum absolute atomic E-state index is 13.0. The zero-order valence-electron chi connectivity index (χ0n) is 19.1. The second-order valence-electron chi connectivity index (χ2n) is 9.15. The van der Waals surface area contributed by atoms with E-state index in [4.69, 9.17) is 5.41 Å². The Morgan fingerprint density at radius 1 is 1.19 bits per heavy atom. The van der Waals surface area contributed by atoms with Gasteiger partial charge >= 0.3 is 0 Å². The number of nitrogens with zero attached hydrogens (tertiary/aromatic N) is 1. The fourth-order valence-electron chi connectivity index (χ4n) is 4.95. The summed E-state index contributed by atoms with van der Waals surface area (Å²) >= 11 is 0. The van der Waals surface area contributed by atoms with Crippen molar-refractivity contribution in [1.29, 1.82) is 5.41 Å². The van der Waals surface area contributed by atoms with Crippen molar-refractivity contribution in [2.75, 3.05) is 0 Å². The van der Waals surface area contributed by atoms with Crippen molar-refractivity contribution in [1.82, 2.24) is 15.5 Å².